The summed E-state index contributed by atoms with van der Waals surface area (Å²) in [6, 6.07) is 7.37. The summed E-state index contributed by atoms with van der Waals surface area (Å²) in [4.78, 5) is 15.8. The van der Waals surface area contributed by atoms with Crippen LogP contribution in [0.2, 0.25) is 0 Å². The first-order chi connectivity index (χ1) is 8.13. The van der Waals surface area contributed by atoms with Crippen molar-refractivity contribution < 1.29 is 9.15 Å². The fourth-order valence-corrected chi connectivity index (χ4v) is 1.85. The minimum absolute atomic E-state index is 0.241. The molecule has 0 spiro atoms. The van der Waals surface area contributed by atoms with E-state index >= 15 is 0 Å². The minimum atomic E-state index is -0.442. The first kappa shape index (κ1) is 11.9. The highest BCUT2D eigenvalue weighted by Crippen LogP contribution is 2.27. The number of halogens is 1. The van der Waals surface area contributed by atoms with E-state index in [1.54, 1.807) is 6.92 Å². The molecule has 0 bridgehead atoms. The Hall–Kier alpha value is -1.62. The van der Waals surface area contributed by atoms with Gasteiger partial charge in [0.25, 0.3) is 0 Å². The van der Waals surface area contributed by atoms with Crippen molar-refractivity contribution in [3.63, 3.8) is 0 Å². The Labute approximate surface area is 106 Å². The largest absolute Gasteiger partial charge is 0.481 e. The Bertz CT molecular complexity index is 607. The maximum Gasteiger partial charge on any atom is 0.345 e. The summed E-state index contributed by atoms with van der Waals surface area (Å²) >= 11 is 3.38. The molecule has 17 heavy (non-hydrogen) atoms. The predicted octanol–water partition coefficient (Wildman–Crippen LogP) is 2.78. The standard InChI is InChI=1S/C12H10BrNO3/c1-7-10(16-2)14-11(17-12(7)15)8-5-3-4-6-9(8)13/h3-6H,1-2H3. The SMILES string of the molecule is COc1nc(-c2ccccc2Br)oc(=O)c1C. The lowest BCUT2D eigenvalue weighted by Crippen LogP contribution is -2.08. The number of ether oxygens (including phenoxy) is 1. The van der Waals surface area contributed by atoms with Gasteiger partial charge >= 0.3 is 5.63 Å². The zero-order valence-corrected chi connectivity index (χ0v) is 10.9. The summed E-state index contributed by atoms with van der Waals surface area (Å²) in [6.45, 7) is 1.61. The van der Waals surface area contributed by atoms with Crippen molar-refractivity contribution in [2.24, 2.45) is 0 Å². The molecule has 1 aromatic carbocycles. The molecule has 2 aromatic rings. The van der Waals surface area contributed by atoms with Gasteiger partial charge in [0.1, 0.15) is 0 Å². The topological polar surface area (TPSA) is 52.3 Å². The van der Waals surface area contributed by atoms with E-state index in [1.165, 1.54) is 7.11 Å². The third kappa shape index (κ3) is 2.24. The smallest absolute Gasteiger partial charge is 0.345 e. The highest BCUT2D eigenvalue weighted by atomic mass is 79.9. The molecule has 1 aromatic heterocycles. The van der Waals surface area contributed by atoms with E-state index in [-0.39, 0.29) is 11.8 Å². The number of methoxy groups -OCH3 is 1. The van der Waals surface area contributed by atoms with Gasteiger partial charge in [0, 0.05) is 4.47 Å². The second-order valence-electron chi connectivity index (χ2n) is 3.42. The van der Waals surface area contributed by atoms with E-state index in [1.807, 2.05) is 24.3 Å². The van der Waals surface area contributed by atoms with Crippen molar-refractivity contribution in [2.75, 3.05) is 7.11 Å². The maximum absolute atomic E-state index is 11.6. The number of benzene rings is 1. The van der Waals surface area contributed by atoms with Crippen LogP contribution in [0.25, 0.3) is 11.5 Å². The molecule has 0 unspecified atom stereocenters. The summed E-state index contributed by atoms with van der Waals surface area (Å²) in [5, 5.41) is 0. The lowest BCUT2D eigenvalue weighted by Gasteiger charge is -2.05. The second-order valence-corrected chi connectivity index (χ2v) is 4.27. The van der Waals surface area contributed by atoms with Gasteiger partial charge in [0.2, 0.25) is 11.8 Å². The molecule has 2 rings (SSSR count). The number of hydrogen-bond donors (Lipinski definition) is 0. The van der Waals surface area contributed by atoms with Crippen LogP contribution in [0.3, 0.4) is 0 Å². The molecule has 5 heteroatoms. The van der Waals surface area contributed by atoms with Gasteiger partial charge < -0.3 is 9.15 Å². The average molecular weight is 296 g/mol. The lowest BCUT2D eigenvalue weighted by molar-refractivity contribution is 0.375. The van der Waals surface area contributed by atoms with E-state index in [0.717, 1.165) is 4.47 Å². The maximum atomic E-state index is 11.6. The zero-order chi connectivity index (χ0) is 12.4. The minimum Gasteiger partial charge on any atom is -0.481 e. The van der Waals surface area contributed by atoms with Gasteiger partial charge in [-0.3, -0.25) is 0 Å². The molecule has 88 valence electrons. The quantitative estimate of drug-likeness (QED) is 0.855. The third-order valence-electron chi connectivity index (χ3n) is 2.32. The van der Waals surface area contributed by atoms with Crippen molar-refractivity contribution >= 4 is 15.9 Å². The molecular formula is C12H10BrNO3. The molecular weight excluding hydrogens is 286 g/mol. The fourth-order valence-electron chi connectivity index (χ4n) is 1.40. The molecule has 0 saturated heterocycles. The molecule has 0 aliphatic carbocycles. The van der Waals surface area contributed by atoms with Gasteiger partial charge in [0.15, 0.2) is 0 Å². The first-order valence-electron chi connectivity index (χ1n) is 4.94. The number of aromatic nitrogens is 1. The summed E-state index contributed by atoms with van der Waals surface area (Å²) < 4.78 is 11.0. The summed E-state index contributed by atoms with van der Waals surface area (Å²) in [7, 11) is 1.47. The van der Waals surface area contributed by atoms with Crippen LogP contribution in [0.5, 0.6) is 5.88 Å². The van der Waals surface area contributed by atoms with Gasteiger partial charge in [-0.05, 0) is 35.0 Å². The van der Waals surface area contributed by atoms with E-state index in [2.05, 4.69) is 20.9 Å². The Morgan fingerprint density at radius 3 is 2.71 bits per heavy atom. The molecule has 0 atom stereocenters. The van der Waals surface area contributed by atoms with Crippen molar-refractivity contribution in [1.29, 1.82) is 0 Å². The molecule has 0 aliphatic rings. The average Bonchev–Trinajstić information content (AvgIpc) is 2.33. The van der Waals surface area contributed by atoms with E-state index in [4.69, 9.17) is 9.15 Å². The van der Waals surface area contributed by atoms with Crippen LogP contribution >= 0.6 is 15.9 Å². The predicted molar refractivity (Wildman–Crippen MR) is 67.2 cm³/mol. The molecule has 0 radical (unpaired) electrons. The van der Waals surface area contributed by atoms with Crippen LogP contribution in [0.1, 0.15) is 5.56 Å². The van der Waals surface area contributed by atoms with Crippen molar-refractivity contribution in [2.45, 2.75) is 6.92 Å². The molecule has 0 aliphatic heterocycles. The van der Waals surface area contributed by atoms with E-state index in [0.29, 0.717) is 11.1 Å². The second kappa shape index (κ2) is 4.71. The summed E-state index contributed by atoms with van der Waals surface area (Å²) in [6.07, 6.45) is 0. The highest BCUT2D eigenvalue weighted by Gasteiger charge is 2.13. The Balaban J connectivity index is 2.66. The normalized spacial score (nSPS) is 10.3. The van der Waals surface area contributed by atoms with Gasteiger partial charge in [0.05, 0.1) is 18.2 Å². The first-order valence-corrected chi connectivity index (χ1v) is 5.73. The Morgan fingerprint density at radius 1 is 1.35 bits per heavy atom. The molecule has 0 N–H and O–H groups in total. The van der Waals surface area contributed by atoms with Crippen LogP contribution in [0.15, 0.2) is 37.9 Å². The number of hydrogen-bond acceptors (Lipinski definition) is 4. The van der Waals surface area contributed by atoms with Crippen LogP contribution in [0, 0.1) is 6.92 Å². The van der Waals surface area contributed by atoms with E-state index < -0.39 is 5.63 Å². The van der Waals surface area contributed by atoms with Crippen LogP contribution < -0.4 is 10.4 Å². The van der Waals surface area contributed by atoms with Gasteiger partial charge in [-0.1, -0.05) is 12.1 Å². The van der Waals surface area contributed by atoms with Crippen molar-refractivity contribution in [1.82, 2.24) is 4.98 Å². The molecule has 0 saturated carbocycles. The number of nitrogens with zero attached hydrogens (tertiary/aromatic N) is 1. The van der Waals surface area contributed by atoms with E-state index in [9.17, 15) is 4.79 Å². The zero-order valence-electron chi connectivity index (χ0n) is 9.36. The van der Waals surface area contributed by atoms with Gasteiger partial charge in [-0.25, -0.2) is 4.79 Å². The molecule has 0 amide bonds. The Morgan fingerprint density at radius 2 is 2.06 bits per heavy atom. The van der Waals surface area contributed by atoms with Crippen molar-refractivity contribution in [3.8, 4) is 17.3 Å². The van der Waals surface area contributed by atoms with Crippen molar-refractivity contribution in [3.05, 3.63) is 44.7 Å². The fraction of sp³-hybridized carbons (Fsp3) is 0.167. The monoisotopic (exact) mass is 295 g/mol. The van der Waals surface area contributed by atoms with Crippen LogP contribution in [-0.2, 0) is 0 Å². The molecule has 4 nitrogen and oxygen atoms in total. The van der Waals surface area contributed by atoms with Gasteiger partial charge in [-0.2, -0.15) is 4.98 Å². The van der Waals surface area contributed by atoms with Crippen LogP contribution in [-0.4, -0.2) is 12.1 Å². The lowest BCUT2D eigenvalue weighted by atomic mass is 10.2. The highest BCUT2D eigenvalue weighted by molar-refractivity contribution is 9.10. The summed E-state index contributed by atoms with van der Waals surface area (Å²) in [5.41, 5.74) is 0.633. The van der Waals surface area contributed by atoms with Crippen LogP contribution in [0.4, 0.5) is 0 Å². The number of rotatable bonds is 2. The molecule has 0 fully saturated rings. The third-order valence-corrected chi connectivity index (χ3v) is 3.01. The summed E-state index contributed by atoms with van der Waals surface area (Å²) in [5.74, 6) is 0.525. The van der Waals surface area contributed by atoms with Gasteiger partial charge in [-0.15, -0.1) is 0 Å². The molecule has 1 heterocycles. The Kier molecular flexibility index (Phi) is 3.28.